The van der Waals surface area contributed by atoms with Crippen LogP contribution >= 0.6 is 11.8 Å². The number of carbonyl (C=O) groups is 4. The molecule has 0 heterocycles. The van der Waals surface area contributed by atoms with E-state index in [-0.39, 0.29) is 29.2 Å². The minimum absolute atomic E-state index is 0.0336. The molecule has 0 unspecified atom stereocenters. The molecule has 0 aliphatic carbocycles. The number of hydrogen-bond acceptors (Lipinski definition) is 7. The summed E-state index contributed by atoms with van der Waals surface area (Å²) >= 11 is 0.529. The summed E-state index contributed by atoms with van der Waals surface area (Å²) in [5.41, 5.74) is -0.321. The van der Waals surface area contributed by atoms with E-state index < -0.39 is 46.4 Å². The van der Waals surface area contributed by atoms with E-state index >= 15 is 0 Å². The second-order valence-electron chi connectivity index (χ2n) is 6.31. The van der Waals surface area contributed by atoms with Gasteiger partial charge in [0.1, 0.15) is 29.0 Å². The molecule has 0 spiro atoms. The summed E-state index contributed by atoms with van der Waals surface area (Å²) in [5, 5.41) is 10.9. The molecular weight excluding hydrogens is 448 g/mol. The lowest BCUT2D eigenvalue weighted by Gasteiger charge is -2.15. The van der Waals surface area contributed by atoms with E-state index in [1.54, 1.807) is 6.92 Å². The molecule has 0 saturated carbocycles. The molecule has 2 N–H and O–H groups in total. The first-order chi connectivity index (χ1) is 15.1. The second-order valence-corrected chi connectivity index (χ2v) is 7.26. The van der Waals surface area contributed by atoms with Gasteiger partial charge in [-0.05, 0) is 48.5 Å². The zero-order valence-electron chi connectivity index (χ0n) is 17.0. The molecule has 32 heavy (non-hydrogen) atoms. The topological polar surface area (TPSA) is 119 Å². The summed E-state index contributed by atoms with van der Waals surface area (Å²) in [6.45, 7) is 2.85. The summed E-state index contributed by atoms with van der Waals surface area (Å²) in [6, 6.07) is 5.31. The SMILES string of the molecule is CCOC(=O)[C@@H](CSC(=O)Oc1ccc(-c2ccc(F)cc2F)cc1C(=O)O)NC(C)=O. The molecule has 0 radical (unpaired) electrons. The number of aromatic carboxylic acids is 1. The fraction of sp³-hybridized carbons (Fsp3) is 0.238. The third-order valence-corrected chi connectivity index (χ3v) is 4.78. The van der Waals surface area contributed by atoms with Crippen LogP contribution in [0.5, 0.6) is 5.75 Å². The zero-order chi connectivity index (χ0) is 23.8. The summed E-state index contributed by atoms with van der Waals surface area (Å²) in [4.78, 5) is 46.9. The minimum Gasteiger partial charge on any atom is -0.478 e. The van der Waals surface area contributed by atoms with E-state index in [0.717, 1.165) is 24.3 Å². The number of thioether (sulfide) groups is 1. The molecule has 1 amide bonds. The van der Waals surface area contributed by atoms with Crippen molar-refractivity contribution in [2.45, 2.75) is 19.9 Å². The van der Waals surface area contributed by atoms with Crippen molar-refractivity contribution < 1.29 is 42.5 Å². The standard InChI is InChI=1S/C21H19F2NO7S/c1-3-30-20(28)17(24-11(2)25)10-32-21(29)31-18-7-4-12(8-15(18)19(26)27)14-6-5-13(22)9-16(14)23/h4-9,17H,3,10H2,1-2H3,(H,24,25)(H,26,27)/t17-/m1/s1. The Morgan fingerprint density at radius 3 is 2.44 bits per heavy atom. The highest BCUT2D eigenvalue weighted by Crippen LogP contribution is 2.30. The first-order valence-corrected chi connectivity index (χ1v) is 10.2. The number of carbonyl (C=O) groups excluding carboxylic acids is 3. The lowest BCUT2D eigenvalue weighted by molar-refractivity contribution is -0.146. The van der Waals surface area contributed by atoms with Crippen LogP contribution in [-0.4, -0.2) is 46.7 Å². The Kier molecular flexibility index (Phi) is 8.71. The largest absolute Gasteiger partial charge is 0.478 e. The Balaban J connectivity index is 2.17. The molecule has 0 aromatic heterocycles. The summed E-state index contributed by atoms with van der Waals surface area (Å²) < 4.78 is 37.0. The quantitative estimate of drug-likeness (QED) is 0.565. The van der Waals surface area contributed by atoms with E-state index in [2.05, 4.69) is 5.32 Å². The highest BCUT2D eigenvalue weighted by Gasteiger charge is 2.24. The maximum atomic E-state index is 14.0. The van der Waals surface area contributed by atoms with Gasteiger partial charge in [-0.2, -0.15) is 0 Å². The third kappa shape index (κ3) is 6.77. The summed E-state index contributed by atoms with van der Waals surface area (Å²) in [6.07, 6.45) is 0. The van der Waals surface area contributed by atoms with Gasteiger partial charge in [0.15, 0.2) is 0 Å². The van der Waals surface area contributed by atoms with E-state index in [1.165, 1.54) is 13.0 Å². The zero-order valence-corrected chi connectivity index (χ0v) is 17.8. The molecule has 2 aromatic rings. The number of carboxylic acids is 1. The number of rotatable bonds is 8. The summed E-state index contributed by atoms with van der Waals surface area (Å²) in [7, 11) is 0. The number of nitrogens with one attached hydrogen (secondary N) is 1. The molecule has 1 atom stereocenters. The summed E-state index contributed by atoms with van der Waals surface area (Å²) in [5.74, 6) is -4.87. The Hall–Kier alpha value is -3.47. The second kappa shape index (κ2) is 11.2. The fourth-order valence-electron chi connectivity index (χ4n) is 2.60. The van der Waals surface area contributed by atoms with E-state index in [1.807, 2.05) is 0 Å². The maximum absolute atomic E-state index is 14.0. The lowest BCUT2D eigenvalue weighted by atomic mass is 10.0. The normalized spacial score (nSPS) is 11.4. The Bertz CT molecular complexity index is 1040. The molecule has 0 aliphatic rings. The number of hydrogen-bond donors (Lipinski definition) is 2. The molecule has 11 heteroatoms. The molecule has 0 saturated heterocycles. The van der Waals surface area contributed by atoms with E-state index in [9.17, 15) is 33.1 Å². The van der Waals surface area contributed by atoms with Crippen molar-refractivity contribution in [2.75, 3.05) is 12.4 Å². The highest BCUT2D eigenvalue weighted by atomic mass is 32.2. The molecule has 0 bridgehead atoms. The first kappa shape index (κ1) is 24.8. The van der Waals surface area contributed by atoms with Gasteiger partial charge in [0, 0.05) is 24.3 Å². The van der Waals surface area contributed by atoms with Crippen LogP contribution in [0.1, 0.15) is 24.2 Å². The van der Waals surface area contributed by atoms with Crippen LogP contribution in [0, 0.1) is 11.6 Å². The highest BCUT2D eigenvalue weighted by molar-refractivity contribution is 8.13. The van der Waals surface area contributed by atoms with Gasteiger partial charge < -0.3 is 19.9 Å². The molecule has 2 rings (SSSR count). The van der Waals surface area contributed by atoms with Crippen molar-refractivity contribution >= 4 is 34.9 Å². The van der Waals surface area contributed by atoms with Crippen LogP contribution < -0.4 is 10.1 Å². The monoisotopic (exact) mass is 467 g/mol. The van der Waals surface area contributed by atoms with Crippen molar-refractivity contribution in [3.8, 4) is 16.9 Å². The predicted octanol–water partition coefficient (Wildman–Crippen LogP) is 3.63. The predicted molar refractivity (Wildman–Crippen MR) is 111 cm³/mol. The number of esters is 1. The van der Waals surface area contributed by atoms with Gasteiger partial charge in [-0.15, -0.1) is 0 Å². The van der Waals surface area contributed by atoms with Gasteiger partial charge in [0.25, 0.3) is 0 Å². The molecule has 0 aliphatic heterocycles. The molecular formula is C21H19F2NO7S. The number of ether oxygens (including phenoxy) is 2. The van der Waals surface area contributed by atoms with Gasteiger partial charge in [-0.25, -0.2) is 23.2 Å². The van der Waals surface area contributed by atoms with E-state index in [0.29, 0.717) is 17.8 Å². The molecule has 0 fully saturated rings. The first-order valence-electron chi connectivity index (χ1n) is 9.23. The number of halogens is 2. The van der Waals surface area contributed by atoms with Gasteiger partial charge >= 0.3 is 17.2 Å². The number of benzene rings is 2. The van der Waals surface area contributed by atoms with Gasteiger partial charge in [-0.3, -0.25) is 4.79 Å². The van der Waals surface area contributed by atoms with Crippen LogP contribution in [0.2, 0.25) is 0 Å². The van der Waals surface area contributed by atoms with Gasteiger partial charge in [-0.1, -0.05) is 6.07 Å². The van der Waals surface area contributed by atoms with E-state index in [4.69, 9.17) is 9.47 Å². The maximum Gasteiger partial charge on any atom is 0.372 e. The van der Waals surface area contributed by atoms with Crippen LogP contribution in [0.25, 0.3) is 11.1 Å². The Morgan fingerprint density at radius 2 is 1.84 bits per heavy atom. The molecule has 170 valence electrons. The third-order valence-electron chi connectivity index (χ3n) is 3.96. The minimum atomic E-state index is -1.44. The van der Waals surface area contributed by atoms with Crippen molar-refractivity contribution in [3.05, 3.63) is 53.6 Å². The lowest BCUT2D eigenvalue weighted by Crippen LogP contribution is -2.43. The van der Waals surface area contributed by atoms with Gasteiger partial charge in [0.05, 0.1) is 6.61 Å². The van der Waals surface area contributed by atoms with Crippen LogP contribution in [-0.2, 0) is 14.3 Å². The molecule has 2 aromatic carbocycles. The van der Waals surface area contributed by atoms with Crippen LogP contribution in [0.3, 0.4) is 0 Å². The van der Waals surface area contributed by atoms with Crippen molar-refractivity contribution in [2.24, 2.45) is 0 Å². The number of carboxylic acid groups (broad SMARTS) is 1. The van der Waals surface area contributed by atoms with Crippen molar-refractivity contribution in [1.29, 1.82) is 0 Å². The van der Waals surface area contributed by atoms with Gasteiger partial charge in [0.2, 0.25) is 5.91 Å². The number of amides is 1. The average Bonchev–Trinajstić information content (AvgIpc) is 2.71. The van der Waals surface area contributed by atoms with Crippen LogP contribution in [0.4, 0.5) is 13.6 Å². The average molecular weight is 467 g/mol. The van der Waals surface area contributed by atoms with Crippen molar-refractivity contribution in [3.63, 3.8) is 0 Å². The fourth-order valence-corrected chi connectivity index (χ4v) is 3.28. The smallest absolute Gasteiger partial charge is 0.372 e. The van der Waals surface area contributed by atoms with Crippen molar-refractivity contribution in [1.82, 2.24) is 5.32 Å². The Labute approximate surface area is 185 Å². The van der Waals surface area contributed by atoms with Crippen LogP contribution in [0.15, 0.2) is 36.4 Å². The molecule has 8 nitrogen and oxygen atoms in total. The Morgan fingerprint density at radius 1 is 1.12 bits per heavy atom.